The van der Waals surface area contributed by atoms with Crippen LogP contribution < -0.4 is 4.74 Å². The third-order valence-electron chi connectivity index (χ3n) is 3.11. The number of rotatable bonds is 3. The Bertz CT molecular complexity index is 698. The molecule has 0 saturated heterocycles. The Kier molecular flexibility index (Phi) is 4.59. The molecular formula is C17H16ClNO. The zero-order chi connectivity index (χ0) is 13.1. The lowest BCUT2D eigenvalue weighted by Crippen LogP contribution is -1.98. The Labute approximate surface area is 124 Å². The summed E-state index contributed by atoms with van der Waals surface area (Å²) in [6, 6.07) is 20.3. The summed E-state index contributed by atoms with van der Waals surface area (Å²) in [4.78, 5) is 4.56. The number of hydrogen-bond acceptors (Lipinski definition) is 2. The molecule has 2 nitrogen and oxygen atoms in total. The Morgan fingerprint density at radius 2 is 1.65 bits per heavy atom. The van der Waals surface area contributed by atoms with Gasteiger partial charge in [0, 0.05) is 5.39 Å². The molecule has 0 aliphatic rings. The smallest absolute Gasteiger partial charge is 0.141 e. The Morgan fingerprint density at radius 3 is 2.45 bits per heavy atom. The maximum absolute atomic E-state index is 5.87. The van der Waals surface area contributed by atoms with Crippen molar-refractivity contribution in [3.63, 3.8) is 0 Å². The minimum atomic E-state index is 0. The van der Waals surface area contributed by atoms with Crippen LogP contribution in [0.25, 0.3) is 10.9 Å². The lowest BCUT2D eigenvalue weighted by Gasteiger charge is -2.10. The first-order valence-electron chi connectivity index (χ1n) is 6.36. The van der Waals surface area contributed by atoms with Crippen molar-refractivity contribution >= 4 is 23.3 Å². The number of aryl methyl sites for hydroxylation is 1. The molecule has 0 aliphatic heterocycles. The molecule has 20 heavy (non-hydrogen) atoms. The van der Waals surface area contributed by atoms with Crippen LogP contribution in [0.3, 0.4) is 0 Å². The highest BCUT2D eigenvalue weighted by atomic mass is 35.5. The summed E-state index contributed by atoms with van der Waals surface area (Å²) >= 11 is 0. The number of aromatic nitrogens is 1. The van der Waals surface area contributed by atoms with Gasteiger partial charge in [0.1, 0.15) is 12.4 Å². The molecule has 0 fully saturated rings. The quantitative estimate of drug-likeness (QED) is 0.704. The van der Waals surface area contributed by atoms with Crippen molar-refractivity contribution in [1.82, 2.24) is 4.98 Å². The molecule has 2 aromatic carbocycles. The fraction of sp³-hybridized carbons (Fsp3) is 0.118. The van der Waals surface area contributed by atoms with Crippen LogP contribution in [-0.4, -0.2) is 4.98 Å². The second-order valence-electron chi connectivity index (χ2n) is 4.54. The van der Waals surface area contributed by atoms with Gasteiger partial charge in [-0.15, -0.1) is 12.4 Å². The molecule has 3 aromatic rings. The van der Waals surface area contributed by atoms with Crippen molar-refractivity contribution in [2.75, 3.05) is 0 Å². The van der Waals surface area contributed by atoms with Crippen molar-refractivity contribution in [3.8, 4) is 5.75 Å². The molecule has 0 radical (unpaired) electrons. The molecule has 0 aliphatic carbocycles. The predicted molar refractivity (Wildman–Crippen MR) is 84.5 cm³/mol. The van der Waals surface area contributed by atoms with Crippen LogP contribution >= 0.6 is 12.4 Å². The van der Waals surface area contributed by atoms with E-state index in [1.165, 1.54) is 0 Å². The minimum absolute atomic E-state index is 0. The molecule has 0 bridgehead atoms. The monoisotopic (exact) mass is 285 g/mol. The van der Waals surface area contributed by atoms with Crippen molar-refractivity contribution in [3.05, 3.63) is 71.9 Å². The number of ether oxygens (including phenoxy) is 1. The molecule has 0 unspecified atom stereocenters. The van der Waals surface area contributed by atoms with Crippen LogP contribution in [0.15, 0.2) is 60.7 Å². The van der Waals surface area contributed by atoms with Gasteiger partial charge in [-0.25, -0.2) is 4.98 Å². The van der Waals surface area contributed by atoms with Gasteiger partial charge in [-0.1, -0.05) is 48.5 Å². The van der Waals surface area contributed by atoms with E-state index < -0.39 is 0 Å². The molecule has 0 atom stereocenters. The van der Waals surface area contributed by atoms with E-state index >= 15 is 0 Å². The molecule has 0 spiro atoms. The van der Waals surface area contributed by atoms with E-state index in [-0.39, 0.29) is 12.4 Å². The molecule has 1 aromatic heterocycles. The largest absolute Gasteiger partial charge is 0.487 e. The molecule has 0 saturated carbocycles. The van der Waals surface area contributed by atoms with Crippen molar-refractivity contribution in [2.24, 2.45) is 0 Å². The highest BCUT2D eigenvalue weighted by Crippen LogP contribution is 2.23. The third-order valence-corrected chi connectivity index (χ3v) is 3.11. The Hall–Kier alpha value is -2.06. The van der Waals surface area contributed by atoms with E-state index in [9.17, 15) is 0 Å². The fourth-order valence-corrected chi connectivity index (χ4v) is 2.07. The van der Waals surface area contributed by atoms with E-state index in [0.717, 1.165) is 27.9 Å². The first-order chi connectivity index (χ1) is 9.33. The number of benzene rings is 2. The Balaban J connectivity index is 0.00000147. The summed E-state index contributed by atoms with van der Waals surface area (Å²) in [5.41, 5.74) is 3.09. The standard InChI is InChI=1S/C17H15NO.ClH/c1-13-17(19-12-14-7-3-2-4-8-14)11-15-9-5-6-10-16(15)18-13;/h2-11H,12H2,1H3;1H. The van der Waals surface area contributed by atoms with E-state index in [1.807, 2.05) is 43.3 Å². The first-order valence-corrected chi connectivity index (χ1v) is 6.36. The number of pyridine rings is 1. The number of halogens is 1. The maximum Gasteiger partial charge on any atom is 0.141 e. The predicted octanol–water partition coefficient (Wildman–Crippen LogP) is 4.54. The first kappa shape index (κ1) is 14.4. The van der Waals surface area contributed by atoms with Gasteiger partial charge in [0.25, 0.3) is 0 Å². The van der Waals surface area contributed by atoms with Gasteiger partial charge in [0.05, 0.1) is 11.2 Å². The van der Waals surface area contributed by atoms with Gasteiger partial charge in [-0.05, 0) is 24.6 Å². The average Bonchev–Trinajstić information content (AvgIpc) is 2.46. The molecule has 1 heterocycles. The molecule has 3 heteroatoms. The summed E-state index contributed by atoms with van der Waals surface area (Å²) in [7, 11) is 0. The summed E-state index contributed by atoms with van der Waals surface area (Å²) < 4.78 is 5.87. The van der Waals surface area contributed by atoms with E-state index in [4.69, 9.17) is 4.74 Å². The van der Waals surface area contributed by atoms with Crippen LogP contribution in [0.5, 0.6) is 5.75 Å². The normalized spacial score (nSPS) is 10.1. The van der Waals surface area contributed by atoms with Gasteiger partial charge in [0.2, 0.25) is 0 Å². The minimum Gasteiger partial charge on any atom is -0.487 e. The lowest BCUT2D eigenvalue weighted by molar-refractivity contribution is 0.303. The lowest BCUT2D eigenvalue weighted by atomic mass is 10.2. The highest BCUT2D eigenvalue weighted by molar-refractivity contribution is 5.85. The highest BCUT2D eigenvalue weighted by Gasteiger charge is 2.04. The number of para-hydroxylation sites is 1. The third kappa shape index (κ3) is 3.09. The van der Waals surface area contributed by atoms with Gasteiger partial charge in [0.15, 0.2) is 0 Å². The maximum atomic E-state index is 5.87. The van der Waals surface area contributed by atoms with Gasteiger partial charge >= 0.3 is 0 Å². The summed E-state index contributed by atoms with van der Waals surface area (Å²) in [5, 5.41) is 1.11. The summed E-state index contributed by atoms with van der Waals surface area (Å²) in [6.45, 7) is 2.55. The SMILES string of the molecule is Cc1nc2ccccc2cc1OCc1ccccc1.Cl. The van der Waals surface area contributed by atoms with Crippen LogP contribution in [0, 0.1) is 6.92 Å². The zero-order valence-corrected chi connectivity index (χ0v) is 12.1. The summed E-state index contributed by atoms with van der Waals surface area (Å²) in [5.74, 6) is 0.850. The molecule has 102 valence electrons. The zero-order valence-electron chi connectivity index (χ0n) is 11.2. The second kappa shape index (κ2) is 6.40. The van der Waals surface area contributed by atoms with Crippen LogP contribution in [0.1, 0.15) is 11.3 Å². The number of fused-ring (bicyclic) bond motifs is 1. The van der Waals surface area contributed by atoms with Gasteiger partial charge < -0.3 is 4.74 Å². The molecule has 0 N–H and O–H groups in total. The number of nitrogens with zero attached hydrogens (tertiary/aromatic N) is 1. The van der Waals surface area contributed by atoms with Crippen LogP contribution in [-0.2, 0) is 6.61 Å². The summed E-state index contributed by atoms with van der Waals surface area (Å²) in [6.07, 6.45) is 0. The van der Waals surface area contributed by atoms with E-state index in [2.05, 4.69) is 29.2 Å². The van der Waals surface area contributed by atoms with Crippen molar-refractivity contribution < 1.29 is 4.74 Å². The van der Waals surface area contributed by atoms with E-state index in [1.54, 1.807) is 0 Å². The fourth-order valence-electron chi connectivity index (χ4n) is 2.07. The van der Waals surface area contributed by atoms with Crippen molar-refractivity contribution in [2.45, 2.75) is 13.5 Å². The van der Waals surface area contributed by atoms with Gasteiger partial charge in [-0.2, -0.15) is 0 Å². The molecular weight excluding hydrogens is 270 g/mol. The van der Waals surface area contributed by atoms with Crippen LogP contribution in [0.2, 0.25) is 0 Å². The molecule has 0 amide bonds. The van der Waals surface area contributed by atoms with E-state index in [0.29, 0.717) is 6.61 Å². The van der Waals surface area contributed by atoms with Crippen molar-refractivity contribution in [1.29, 1.82) is 0 Å². The van der Waals surface area contributed by atoms with Gasteiger partial charge in [-0.3, -0.25) is 0 Å². The molecule has 3 rings (SSSR count). The van der Waals surface area contributed by atoms with Crippen LogP contribution in [0.4, 0.5) is 0 Å². The second-order valence-corrected chi connectivity index (χ2v) is 4.54. The topological polar surface area (TPSA) is 22.1 Å². The number of hydrogen-bond donors (Lipinski definition) is 0. The average molecular weight is 286 g/mol. The Morgan fingerprint density at radius 1 is 0.950 bits per heavy atom.